The molecule has 1 N–H and O–H groups in total. The smallest absolute Gasteiger partial charge is 0.0146 e. The quantitative estimate of drug-likeness (QED) is 0.152. The predicted molar refractivity (Wildman–Crippen MR) is 184 cm³/mol. The molecule has 1 aliphatic heterocycles. The summed E-state index contributed by atoms with van der Waals surface area (Å²) in [4.78, 5) is 4.81. The Morgan fingerprint density at radius 2 is 1.30 bits per heavy atom. The Hall–Kier alpha value is -2.92. The van der Waals surface area contributed by atoms with Gasteiger partial charge in [-0.15, -0.1) is 0 Å². The molecule has 0 unspecified atom stereocenters. The largest absolute Gasteiger partial charge is 0.502 e. The Bertz CT molecular complexity index is 1530. The molecule has 0 aliphatic carbocycles. The Morgan fingerprint density at radius 3 is 1.75 bits per heavy atom. The standard InChI is InChI=1S/C21H27N2.C15H14FNO.2ClH.Ru/c1-14-9-16(3)20(17(4)10-14)22-7-8-23(13-22)21-18(5)11-15(2)12-19(21)6;1-11-9-13(16)4-3-12(11)10-17-14-5-7-15(18-2)8-6-14;;;/h9-13H,7-8H2,1-6H3;1,3-9,17H,10H2,2H3;2*1H;/q-1;;;;+2/p-2. The molecule has 1 aliphatic rings. The van der Waals surface area contributed by atoms with Gasteiger partial charge in [0.05, 0.1) is 0 Å². The minimum Gasteiger partial charge on any atom is -0.502 e. The summed E-state index contributed by atoms with van der Waals surface area (Å²) >= 11 is -1.99. The van der Waals surface area contributed by atoms with E-state index in [9.17, 15) is 4.39 Å². The molecule has 1 fully saturated rings. The van der Waals surface area contributed by atoms with Crippen LogP contribution in [0.25, 0.3) is 0 Å². The number of anilines is 3. The molecule has 4 aromatic carbocycles. The van der Waals surface area contributed by atoms with Crippen LogP contribution in [0, 0.1) is 54.0 Å². The van der Waals surface area contributed by atoms with E-state index in [0.717, 1.165) is 35.7 Å². The topological polar surface area (TPSA) is 27.7 Å². The zero-order chi connectivity index (χ0) is 32.0. The maximum Gasteiger partial charge on any atom is 0.0146 e. The number of nitrogens with one attached hydrogen (secondary N) is 1. The molecular weight excluding hydrogens is 681 g/mol. The minimum absolute atomic E-state index is 0.293. The van der Waals surface area contributed by atoms with E-state index in [2.05, 4.69) is 87.6 Å². The molecular formula is C36H41Cl2FN3ORu-. The number of methoxy groups -OCH3 is 1. The molecule has 4 aromatic rings. The molecule has 1 saturated heterocycles. The van der Waals surface area contributed by atoms with Crippen molar-refractivity contribution in [3.8, 4) is 5.75 Å². The van der Waals surface area contributed by atoms with Crippen LogP contribution in [-0.2, 0) is 20.1 Å². The van der Waals surface area contributed by atoms with Gasteiger partial charge in [-0.05, 0) is 63.8 Å². The molecule has 0 bridgehead atoms. The molecule has 0 atom stereocenters. The SMILES string of the molecule is COc1ccc(NCc2ccc(F)cc2[CH]=[Ru]([Cl])[Cl])cc1.Cc1cc(C)c(N2[CH-]N(c3c(C)cc(C)cc3C)CC2)c(C)c1. The number of hydrogen-bond donors (Lipinski definition) is 1. The molecule has 44 heavy (non-hydrogen) atoms. The summed E-state index contributed by atoms with van der Waals surface area (Å²) in [5.74, 6) is 0.507. The molecule has 0 aromatic heterocycles. The Labute approximate surface area is 275 Å². The molecule has 0 spiro atoms. The van der Waals surface area contributed by atoms with Gasteiger partial charge >= 0.3 is 136 Å². The van der Waals surface area contributed by atoms with Gasteiger partial charge in [0.15, 0.2) is 0 Å². The van der Waals surface area contributed by atoms with E-state index in [1.165, 1.54) is 56.9 Å². The molecule has 4 nitrogen and oxygen atoms in total. The number of hydrogen-bond acceptors (Lipinski definition) is 4. The first-order valence-electron chi connectivity index (χ1n) is 14.5. The van der Waals surface area contributed by atoms with E-state index in [4.69, 9.17) is 24.1 Å². The van der Waals surface area contributed by atoms with Gasteiger partial charge in [-0.2, -0.15) is 6.67 Å². The average molecular weight is 723 g/mol. The molecule has 5 rings (SSSR count). The Balaban J connectivity index is 0.000000202. The molecule has 1 heterocycles. The third kappa shape index (κ3) is 8.84. The first-order valence-corrected chi connectivity index (χ1v) is 20.0. The van der Waals surface area contributed by atoms with Gasteiger partial charge < -0.3 is 9.80 Å². The van der Waals surface area contributed by atoms with Gasteiger partial charge in [-0.3, -0.25) is 0 Å². The van der Waals surface area contributed by atoms with Crippen LogP contribution in [-0.4, -0.2) is 24.8 Å². The van der Waals surface area contributed by atoms with Crippen LogP contribution in [0.1, 0.15) is 44.5 Å². The van der Waals surface area contributed by atoms with Gasteiger partial charge in [0, 0.05) is 24.5 Å². The summed E-state index contributed by atoms with van der Waals surface area (Å²) < 4.78 is 20.2. The summed E-state index contributed by atoms with van der Waals surface area (Å²) in [6.45, 7) is 18.1. The molecule has 0 amide bonds. The van der Waals surface area contributed by atoms with Gasteiger partial charge in [0.25, 0.3) is 0 Å². The van der Waals surface area contributed by atoms with Crippen LogP contribution in [0.5, 0.6) is 5.75 Å². The summed E-state index contributed by atoms with van der Waals surface area (Å²) in [6.07, 6.45) is 0. The van der Waals surface area contributed by atoms with E-state index in [-0.39, 0.29) is 5.82 Å². The summed E-state index contributed by atoms with van der Waals surface area (Å²) in [7, 11) is 13.4. The maximum atomic E-state index is 13.3. The van der Waals surface area contributed by atoms with Gasteiger partial charge in [0.1, 0.15) is 0 Å². The maximum absolute atomic E-state index is 13.3. The number of benzene rings is 4. The summed E-state index contributed by atoms with van der Waals surface area (Å²) in [5, 5.41) is 3.28. The monoisotopic (exact) mass is 722 g/mol. The number of nitrogens with zero attached hydrogens (tertiary/aromatic N) is 2. The average Bonchev–Trinajstić information content (AvgIpc) is 3.40. The van der Waals surface area contributed by atoms with Gasteiger partial charge in [-0.1, -0.05) is 35.4 Å². The van der Waals surface area contributed by atoms with E-state index in [1.807, 2.05) is 24.3 Å². The second-order valence-electron chi connectivity index (χ2n) is 11.2. The first kappa shape index (κ1) is 34.0. The van der Waals surface area contributed by atoms with E-state index >= 15 is 0 Å². The number of aryl methyl sites for hydroxylation is 6. The van der Waals surface area contributed by atoms with Crippen molar-refractivity contribution in [3.63, 3.8) is 0 Å². The van der Waals surface area contributed by atoms with Crippen LogP contribution in [0.3, 0.4) is 0 Å². The number of halogens is 3. The summed E-state index contributed by atoms with van der Waals surface area (Å²) in [5.41, 5.74) is 13.5. The van der Waals surface area contributed by atoms with Gasteiger partial charge in [0.2, 0.25) is 0 Å². The van der Waals surface area contributed by atoms with Crippen LogP contribution in [0.15, 0.2) is 66.7 Å². The van der Waals surface area contributed by atoms with Crippen LogP contribution in [0.2, 0.25) is 0 Å². The van der Waals surface area contributed by atoms with Crippen molar-refractivity contribution in [2.75, 3.05) is 35.3 Å². The van der Waals surface area contributed by atoms with Crippen molar-refractivity contribution in [1.82, 2.24) is 0 Å². The predicted octanol–water partition coefficient (Wildman–Crippen LogP) is 9.51. The fraction of sp³-hybridized carbons (Fsp3) is 0.278. The van der Waals surface area contributed by atoms with E-state index in [1.54, 1.807) is 17.8 Å². The van der Waals surface area contributed by atoms with E-state index < -0.39 is 13.5 Å². The van der Waals surface area contributed by atoms with Crippen molar-refractivity contribution in [2.24, 2.45) is 0 Å². The van der Waals surface area contributed by atoms with Crippen molar-refractivity contribution < 1.29 is 22.6 Å². The Kier molecular flexibility index (Phi) is 11.9. The van der Waals surface area contributed by atoms with Crippen LogP contribution >= 0.6 is 19.4 Å². The molecule has 0 radical (unpaired) electrons. The minimum atomic E-state index is -1.99. The fourth-order valence-electron chi connectivity index (χ4n) is 5.90. The van der Waals surface area contributed by atoms with E-state index in [0.29, 0.717) is 6.54 Å². The molecule has 0 saturated carbocycles. The van der Waals surface area contributed by atoms with Crippen molar-refractivity contribution in [2.45, 2.75) is 48.1 Å². The number of rotatable bonds is 7. The first-order chi connectivity index (χ1) is 20.9. The van der Waals surface area contributed by atoms with Crippen molar-refractivity contribution in [3.05, 3.63) is 124 Å². The van der Waals surface area contributed by atoms with Crippen LogP contribution < -0.4 is 19.9 Å². The number of ether oxygens (including phenoxy) is 1. The zero-order valence-electron chi connectivity index (χ0n) is 26.4. The fourth-order valence-corrected chi connectivity index (χ4v) is 7.76. The van der Waals surface area contributed by atoms with Crippen molar-refractivity contribution in [1.29, 1.82) is 0 Å². The Morgan fingerprint density at radius 1 is 0.795 bits per heavy atom. The van der Waals surface area contributed by atoms with Crippen molar-refractivity contribution >= 4 is 41.1 Å². The molecule has 8 heteroatoms. The zero-order valence-corrected chi connectivity index (χ0v) is 29.7. The summed E-state index contributed by atoms with van der Waals surface area (Å²) in [6, 6.07) is 21.3. The third-order valence-electron chi connectivity index (χ3n) is 7.57. The van der Waals surface area contributed by atoms with Gasteiger partial charge in [-0.25, -0.2) is 0 Å². The van der Waals surface area contributed by atoms with Crippen LogP contribution in [0.4, 0.5) is 21.5 Å². The third-order valence-corrected chi connectivity index (χ3v) is 9.41. The second kappa shape index (κ2) is 15.4. The normalized spacial score (nSPS) is 12.9. The second-order valence-corrected chi connectivity index (χ2v) is 17.0. The molecule has 236 valence electrons.